The van der Waals surface area contributed by atoms with E-state index in [9.17, 15) is 18.0 Å². The van der Waals surface area contributed by atoms with Crippen molar-refractivity contribution in [3.63, 3.8) is 0 Å². The summed E-state index contributed by atoms with van der Waals surface area (Å²) in [7, 11) is 0. The number of nitrogens with one attached hydrogen (secondary N) is 2. The first-order valence-corrected chi connectivity index (χ1v) is 7.22. The van der Waals surface area contributed by atoms with Crippen molar-refractivity contribution in [2.75, 3.05) is 13.2 Å². The molecular weight excluding hydrogens is 313 g/mol. The number of benzene rings is 1. The van der Waals surface area contributed by atoms with Gasteiger partial charge in [-0.05, 0) is 31.0 Å². The average molecular weight is 334 g/mol. The van der Waals surface area contributed by atoms with Gasteiger partial charge in [-0.2, -0.15) is 13.2 Å². The molecule has 0 saturated heterocycles. The fourth-order valence-corrected chi connectivity index (χ4v) is 1.80. The molecule has 0 fully saturated rings. The summed E-state index contributed by atoms with van der Waals surface area (Å²) in [6.07, 6.45) is -3.78. The van der Waals surface area contributed by atoms with Crippen molar-refractivity contribution in [3.05, 3.63) is 29.8 Å². The number of rotatable bonds is 7. The van der Waals surface area contributed by atoms with E-state index in [4.69, 9.17) is 5.11 Å². The Morgan fingerprint density at radius 3 is 2.35 bits per heavy atom. The van der Waals surface area contributed by atoms with Crippen LogP contribution in [0.3, 0.4) is 0 Å². The molecule has 1 aromatic rings. The van der Waals surface area contributed by atoms with E-state index in [-0.39, 0.29) is 24.4 Å². The van der Waals surface area contributed by atoms with Crippen molar-refractivity contribution in [3.8, 4) is 5.75 Å². The largest absolute Gasteiger partial charge is 0.484 e. The maximum absolute atomic E-state index is 12.1. The van der Waals surface area contributed by atoms with Gasteiger partial charge in [0.05, 0.1) is 18.7 Å². The molecule has 2 unspecified atom stereocenters. The molecular formula is C15H21F3N2O3. The van der Waals surface area contributed by atoms with Gasteiger partial charge >= 0.3 is 12.2 Å². The van der Waals surface area contributed by atoms with Crippen LogP contribution in [0.25, 0.3) is 0 Å². The van der Waals surface area contributed by atoms with Gasteiger partial charge in [0.25, 0.3) is 0 Å². The molecule has 0 bridgehead atoms. The minimum atomic E-state index is -4.38. The van der Waals surface area contributed by atoms with Gasteiger partial charge in [-0.3, -0.25) is 0 Å². The lowest BCUT2D eigenvalue weighted by Crippen LogP contribution is -2.44. The molecule has 0 aromatic heterocycles. The summed E-state index contributed by atoms with van der Waals surface area (Å²) < 4.78 is 40.8. The van der Waals surface area contributed by atoms with E-state index in [0.29, 0.717) is 6.42 Å². The lowest BCUT2D eigenvalue weighted by atomic mass is 10.1. The maximum atomic E-state index is 12.1. The van der Waals surface area contributed by atoms with Crippen LogP contribution in [0.4, 0.5) is 18.0 Å². The Morgan fingerprint density at radius 2 is 1.87 bits per heavy atom. The molecule has 2 atom stereocenters. The van der Waals surface area contributed by atoms with Crippen LogP contribution in [0.1, 0.15) is 31.9 Å². The molecule has 5 nitrogen and oxygen atoms in total. The molecule has 0 aliphatic rings. The highest BCUT2D eigenvalue weighted by Gasteiger charge is 2.28. The van der Waals surface area contributed by atoms with Crippen molar-refractivity contribution in [2.45, 2.75) is 38.5 Å². The maximum Gasteiger partial charge on any atom is 0.422 e. The fraction of sp³-hybridized carbons (Fsp3) is 0.533. The topological polar surface area (TPSA) is 70.6 Å². The zero-order valence-electron chi connectivity index (χ0n) is 13.0. The monoisotopic (exact) mass is 334 g/mol. The number of halogens is 3. The first-order chi connectivity index (χ1) is 10.7. The number of carbonyl (C=O) groups is 1. The van der Waals surface area contributed by atoms with Gasteiger partial charge in [-0.15, -0.1) is 0 Å². The highest BCUT2D eigenvalue weighted by molar-refractivity contribution is 5.74. The number of aliphatic hydroxyl groups excluding tert-OH is 1. The lowest BCUT2D eigenvalue weighted by molar-refractivity contribution is -0.153. The van der Waals surface area contributed by atoms with Crippen LogP contribution in [0.5, 0.6) is 5.75 Å². The van der Waals surface area contributed by atoms with Gasteiger partial charge in [0, 0.05) is 0 Å². The van der Waals surface area contributed by atoms with Crippen molar-refractivity contribution in [1.29, 1.82) is 0 Å². The Balaban J connectivity index is 2.53. The SMILES string of the molecule is CCC(CO)NC(=O)NC(C)c1ccc(OCC(F)(F)F)cc1. The molecule has 23 heavy (non-hydrogen) atoms. The van der Waals surface area contributed by atoms with Crippen LogP contribution in [-0.4, -0.2) is 36.6 Å². The van der Waals surface area contributed by atoms with Gasteiger partial charge < -0.3 is 20.5 Å². The highest BCUT2D eigenvalue weighted by Crippen LogP contribution is 2.21. The number of ether oxygens (including phenoxy) is 1. The molecule has 0 saturated carbocycles. The van der Waals surface area contributed by atoms with Crippen molar-refractivity contribution in [2.24, 2.45) is 0 Å². The van der Waals surface area contributed by atoms with Crippen LogP contribution in [0.2, 0.25) is 0 Å². The number of hydrogen-bond donors (Lipinski definition) is 3. The van der Waals surface area contributed by atoms with E-state index in [1.165, 1.54) is 12.1 Å². The summed E-state index contributed by atoms with van der Waals surface area (Å²) >= 11 is 0. The smallest absolute Gasteiger partial charge is 0.422 e. The quantitative estimate of drug-likeness (QED) is 0.718. The summed E-state index contributed by atoms with van der Waals surface area (Å²) in [5.74, 6) is 0.106. The fourth-order valence-electron chi connectivity index (χ4n) is 1.80. The third-order valence-corrected chi connectivity index (χ3v) is 3.18. The zero-order chi connectivity index (χ0) is 17.5. The summed E-state index contributed by atoms with van der Waals surface area (Å²) in [6, 6.07) is 4.92. The number of amides is 2. The normalized spacial score (nSPS) is 14.0. The first kappa shape index (κ1) is 19.1. The van der Waals surface area contributed by atoms with E-state index >= 15 is 0 Å². The minimum absolute atomic E-state index is 0.106. The standard InChI is InChI=1S/C15H21F3N2O3/c1-3-12(8-21)20-14(22)19-10(2)11-4-6-13(7-5-11)23-9-15(16,17)18/h4-7,10,12,21H,3,8-9H2,1-2H3,(H2,19,20,22). The summed E-state index contributed by atoms with van der Waals surface area (Å²) in [5.41, 5.74) is 0.719. The van der Waals surface area contributed by atoms with Gasteiger partial charge in [0.2, 0.25) is 0 Å². The van der Waals surface area contributed by atoms with Crippen LogP contribution >= 0.6 is 0 Å². The Bertz CT molecular complexity index is 488. The molecule has 8 heteroatoms. The van der Waals surface area contributed by atoms with Crippen molar-refractivity contribution >= 4 is 6.03 Å². The molecule has 0 aliphatic carbocycles. The van der Waals surface area contributed by atoms with Crippen LogP contribution in [-0.2, 0) is 0 Å². The molecule has 0 heterocycles. The lowest BCUT2D eigenvalue weighted by Gasteiger charge is -2.19. The van der Waals surface area contributed by atoms with E-state index in [1.54, 1.807) is 19.1 Å². The van der Waals surface area contributed by atoms with E-state index < -0.39 is 18.8 Å². The minimum Gasteiger partial charge on any atom is -0.484 e. The van der Waals surface area contributed by atoms with Crippen LogP contribution in [0.15, 0.2) is 24.3 Å². The zero-order valence-corrected chi connectivity index (χ0v) is 13.0. The van der Waals surface area contributed by atoms with E-state index in [1.807, 2.05) is 6.92 Å². The summed E-state index contributed by atoms with van der Waals surface area (Å²) in [4.78, 5) is 11.8. The number of aliphatic hydroxyl groups is 1. The Hall–Kier alpha value is -1.96. The number of carbonyl (C=O) groups excluding carboxylic acids is 1. The third kappa shape index (κ3) is 7.23. The van der Waals surface area contributed by atoms with Crippen LogP contribution < -0.4 is 15.4 Å². The number of urea groups is 1. The molecule has 1 rings (SSSR count). The predicted molar refractivity (Wildman–Crippen MR) is 79.2 cm³/mol. The van der Waals surface area contributed by atoms with Crippen molar-refractivity contribution in [1.82, 2.24) is 10.6 Å². The van der Waals surface area contributed by atoms with Gasteiger partial charge in [0.15, 0.2) is 6.61 Å². The first-order valence-electron chi connectivity index (χ1n) is 7.22. The molecule has 0 radical (unpaired) electrons. The van der Waals surface area contributed by atoms with Crippen molar-refractivity contribution < 1.29 is 27.8 Å². The van der Waals surface area contributed by atoms with E-state index in [2.05, 4.69) is 15.4 Å². The second-order valence-electron chi connectivity index (χ2n) is 5.10. The van der Waals surface area contributed by atoms with Gasteiger partial charge in [0.1, 0.15) is 5.75 Å². The number of alkyl halides is 3. The molecule has 3 N–H and O–H groups in total. The molecule has 0 aliphatic heterocycles. The second kappa shape index (κ2) is 8.61. The molecule has 1 aromatic carbocycles. The summed E-state index contributed by atoms with van der Waals surface area (Å²) in [6.45, 7) is 2.08. The average Bonchev–Trinajstić information content (AvgIpc) is 2.50. The second-order valence-corrected chi connectivity index (χ2v) is 5.10. The molecule has 2 amide bonds. The van der Waals surface area contributed by atoms with Gasteiger partial charge in [-0.1, -0.05) is 19.1 Å². The van der Waals surface area contributed by atoms with Gasteiger partial charge in [-0.25, -0.2) is 4.79 Å². The summed E-state index contributed by atoms with van der Waals surface area (Å²) in [5, 5.41) is 14.3. The predicted octanol–water partition coefficient (Wildman–Crippen LogP) is 2.76. The Kier molecular flexibility index (Phi) is 7.15. The molecule has 0 spiro atoms. The molecule has 130 valence electrons. The Labute approximate surface area is 132 Å². The van der Waals surface area contributed by atoms with Crippen LogP contribution in [0, 0.1) is 0 Å². The number of hydrogen-bond acceptors (Lipinski definition) is 3. The third-order valence-electron chi connectivity index (χ3n) is 3.18. The Morgan fingerprint density at radius 1 is 1.26 bits per heavy atom. The highest BCUT2D eigenvalue weighted by atomic mass is 19.4. The van der Waals surface area contributed by atoms with E-state index in [0.717, 1.165) is 5.56 Å².